The zero-order valence-electron chi connectivity index (χ0n) is 16.5. The van der Waals surface area contributed by atoms with Gasteiger partial charge in [0, 0.05) is 18.1 Å². The zero-order chi connectivity index (χ0) is 23.0. The summed E-state index contributed by atoms with van der Waals surface area (Å²) in [5.74, 6) is -0.673. The van der Waals surface area contributed by atoms with E-state index in [0.717, 1.165) is 12.1 Å². The number of allylic oxidation sites excluding steroid dienone is 1. The Balaban J connectivity index is 2.03. The molecule has 0 saturated carbocycles. The molecule has 3 rings (SSSR count). The van der Waals surface area contributed by atoms with Gasteiger partial charge in [-0.05, 0) is 54.8 Å². The van der Waals surface area contributed by atoms with Crippen molar-refractivity contribution in [2.24, 2.45) is 0 Å². The SMILES string of the molecule is CCOC(=O)C=C(C)c1ccc2c(c1)CC(c1cccc(C(F)(F)F)c1)(C(F)(F)F)O2. The fourth-order valence-corrected chi connectivity index (χ4v) is 3.43. The fraction of sp³-hybridized carbons (Fsp3) is 0.318. The number of benzene rings is 2. The molecule has 0 fully saturated rings. The Morgan fingerprint density at radius 3 is 2.45 bits per heavy atom. The van der Waals surface area contributed by atoms with Crippen molar-refractivity contribution in [3.8, 4) is 5.75 Å². The van der Waals surface area contributed by atoms with E-state index in [-0.39, 0.29) is 17.9 Å². The molecule has 0 N–H and O–H groups in total. The van der Waals surface area contributed by atoms with Crippen molar-refractivity contribution in [1.29, 1.82) is 0 Å². The summed E-state index contributed by atoms with van der Waals surface area (Å²) in [5, 5.41) is 0. The van der Waals surface area contributed by atoms with Crippen LogP contribution in [0.15, 0.2) is 48.5 Å². The Kier molecular flexibility index (Phi) is 5.82. The molecule has 31 heavy (non-hydrogen) atoms. The molecule has 166 valence electrons. The molecule has 1 aliphatic rings. The van der Waals surface area contributed by atoms with E-state index in [9.17, 15) is 31.1 Å². The van der Waals surface area contributed by atoms with Crippen molar-refractivity contribution in [3.05, 3.63) is 70.8 Å². The van der Waals surface area contributed by atoms with Crippen LogP contribution in [0.2, 0.25) is 0 Å². The van der Waals surface area contributed by atoms with E-state index in [1.165, 1.54) is 24.3 Å². The molecule has 1 aliphatic heterocycles. The number of hydrogen-bond acceptors (Lipinski definition) is 3. The molecule has 0 aliphatic carbocycles. The minimum atomic E-state index is -4.98. The summed E-state index contributed by atoms with van der Waals surface area (Å²) in [6.45, 7) is 3.41. The van der Waals surface area contributed by atoms with Crippen LogP contribution in [0.3, 0.4) is 0 Å². The largest absolute Gasteiger partial charge is 0.472 e. The topological polar surface area (TPSA) is 35.5 Å². The number of hydrogen-bond donors (Lipinski definition) is 0. The first kappa shape index (κ1) is 22.7. The maximum atomic E-state index is 14.1. The minimum absolute atomic E-state index is 0.0811. The lowest BCUT2D eigenvalue weighted by Gasteiger charge is -2.32. The van der Waals surface area contributed by atoms with E-state index < -0.39 is 41.5 Å². The Labute approximate surface area is 174 Å². The van der Waals surface area contributed by atoms with Crippen LogP contribution >= 0.6 is 0 Å². The van der Waals surface area contributed by atoms with Gasteiger partial charge in [0.25, 0.3) is 0 Å². The van der Waals surface area contributed by atoms with E-state index >= 15 is 0 Å². The normalized spacial score (nSPS) is 19.0. The van der Waals surface area contributed by atoms with Gasteiger partial charge in [0.05, 0.1) is 12.2 Å². The molecular weight excluding hydrogens is 426 g/mol. The maximum absolute atomic E-state index is 14.1. The summed E-state index contributed by atoms with van der Waals surface area (Å²) in [6, 6.07) is 7.29. The van der Waals surface area contributed by atoms with Crippen molar-refractivity contribution in [3.63, 3.8) is 0 Å². The zero-order valence-corrected chi connectivity index (χ0v) is 16.5. The van der Waals surface area contributed by atoms with E-state index in [2.05, 4.69) is 0 Å². The highest BCUT2D eigenvalue weighted by Crippen LogP contribution is 2.51. The molecule has 2 aromatic rings. The van der Waals surface area contributed by atoms with Crippen LogP contribution in [-0.2, 0) is 27.7 Å². The number of fused-ring (bicyclic) bond motifs is 1. The molecule has 0 amide bonds. The van der Waals surface area contributed by atoms with Crippen molar-refractivity contribution in [1.82, 2.24) is 0 Å². The molecule has 0 bridgehead atoms. The van der Waals surface area contributed by atoms with Gasteiger partial charge in [0.2, 0.25) is 5.60 Å². The van der Waals surface area contributed by atoms with E-state index in [0.29, 0.717) is 23.3 Å². The fourth-order valence-electron chi connectivity index (χ4n) is 3.43. The minimum Gasteiger partial charge on any atom is -0.472 e. The lowest BCUT2D eigenvalue weighted by atomic mass is 9.87. The van der Waals surface area contributed by atoms with Crippen LogP contribution in [0, 0.1) is 0 Å². The highest BCUT2D eigenvalue weighted by Gasteiger charge is 2.61. The molecule has 0 radical (unpaired) electrons. The summed E-state index contributed by atoms with van der Waals surface area (Å²) >= 11 is 0. The third-order valence-corrected chi connectivity index (χ3v) is 4.97. The van der Waals surface area contributed by atoms with Gasteiger partial charge in [-0.25, -0.2) is 4.79 Å². The molecule has 1 atom stereocenters. The van der Waals surface area contributed by atoms with Crippen LogP contribution in [0.5, 0.6) is 5.75 Å². The van der Waals surface area contributed by atoms with Crippen molar-refractivity contribution in [2.75, 3.05) is 6.61 Å². The molecule has 1 heterocycles. The second-order valence-electron chi connectivity index (χ2n) is 7.08. The lowest BCUT2D eigenvalue weighted by Crippen LogP contribution is -2.46. The van der Waals surface area contributed by atoms with Gasteiger partial charge in [-0.15, -0.1) is 0 Å². The maximum Gasteiger partial charge on any atom is 0.432 e. The average Bonchev–Trinajstić information content (AvgIpc) is 3.07. The van der Waals surface area contributed by atoms with Gasteiger partial charge in [0.1, 0.15) is 5.75 Å². The van der Waals surface area contributed by atoms with Gasteiger partial charge >= 0.3 is 18.3 Å². The molecule has 1 unspecified atom stereocenters. The van der Waals surface area contributed by atoms with Crippen molar-refractivity contribution < 1.29 is 40.6 Å². The van der Waals surface area contributed by atoms with Crippen molar-refractivity contribution in [2.45, 2.75) is 38.2 Å². The van der Waals surface area contributed by atoms with Gasteiger partial charge in [-0.1, -0.05) is 18.2 Å². The third kappa shape index (κ3) is 4.40. The van der Waals surface area contributed by atoms with Crippen LogP contribution in [0.25, 0.3) is 5.57 Å². The molecule has 2 aromatic carbocycles. The number of halogens is 6. The summed E-state index contributed by atoms with van der Waals surface area (Å²) in [4.78, 5) is 11.6. The number of carbonyl (C=O) groups is 1. The van der Waals surface area contributed by atoms with Crippen LogP contribution in [-0.4, -0.2) is 18.8 Å². The molecule has 9 heteroatoms. The number of carbonyl (C=O) groups excluding carboxylic acids is 1. The van der Waals surface area contributed by atoms with Gasteiger partial charge in [-0.3, -0.25) is 0 Å². The molecule has 3 nitrogen and oxygen atoms in total. The molecular formula is C22H18F6O3. The van der Waals surface area contributed by atoms with E-state index in [1.54, 1.807) is 13.8 Å². The monoisotopic (exact) mass is 444 g/mol. The Morgan fingerprint density at radius 1 is 1.13 bits per heavy atom. The number of esters is 1. The molecule has 0 spiro atoms. The predicted molar refractivity (Wildman–Crippen MR) is 100 cm³/mol. The van der Waals surface area contributed by atoms with E-state index in [1.807, 2.05) is 0 Å². The van der Waals surface area contributed by atoms with Crippen LogP contribution < -0.4 is 4.74 Å². The smallest absolute Gasteiger partial charge is 0.432 e. The molecule has 0 saturated heterocycles. The number of alkyl halides is 6. The van der Waals surface area contributed by atoms with Gasteiger partial charge in [-0.2, -0.15) is 26.3 Å². The second kappa shape index (κ2) is 7.94. The average molecular weight is 444 g/mol. The summed E-state index contributed by atoms with van der Waals surface area (Å²) in [6.07, 6.45) is -9.26. The molecule has 0 aromatic heterocycles. The summed E-state index contributed by atoms with van der Waals surface area (Å²) in [5.41, 5.74) is -3.67. The first-order valence-electron chi connectivity index (χ1n) is 9.29. The summed E-state index contributed by atoms with van der Waals surface area (Å²) < 4.78 is 91.7. The van der Waals surface area contributed by atoms with Gasteiger partial charge < -0.3 is 9.47 Å². The van der Waals surface area contributed by atoms with Gasteiger partial charge in [0.15, 0.2) is 0 Å². The van der Waals surface area contributed by atoms with Crippen LogP contribution in [0.1, 0.15) is 36.1 Å². The first-order valence-corrected chi connectivity index (χ1v) is 9.29. The Hall–Kier alpha value is -2.97. The number of ether oxygens (including phenoxy) is 2. The lowest BCUT2D eigenvalue weighted by molar-refractivity contribution is -0.248. The van der Waals surface area contributed by atoms with Crippen molar-refractivity contribution >= 4 is 11.5 Å². The first-order chi connectivity index (χ1) is 14.4. The third-order valence-electron chi connectivity index (χ3n) is 4.97. The highest BCUT2D eigenvalue weighted by atomic mass is 19.4. The Bertz CT molecular complexity index is 1020. The standard InChI is InChI=1S/C22H18F6O3/c1-3-30-19(29)9-13(2)14-7-8-18-15(10-14)12-20(31-18,22(26,27)28)16-5-4-6-17(11-16)21(23,24)25/h4-11H,3,12H2,1-2H3. The quantitative estimate of drug-likeness (QED) is 0.327. The highest BCUT2D eigenvalue weighted by molar-refractivity contribution is 5.91. The van der Waals surface area contributed by atoms with E-state index in [4.69, 9.17) is 9.47 Å². The summed E-state index contributed by atoms with van der Waals surface area (Å²) in [7, 11) is 0. The Morgan fingerprint density at radius 2 is 1.84 bits per heavy atom. The predicted octanol–water partition coefficient (Wildman–Crippen LogP) is 6.06. The second-order valence-corrected chi connectivity index (χ2v) is 7.08. The number of rotatable bonds is 4. The van der Waals surface area contributed by atoms with Crippen LogP contribution in [0.4, 0.5) is 26.3 Å².